The minimum absolute atomic E-state index is 0.141. The normalized spacial score (nSPS) is 12.2. The molecule has 0 bridgehead atoms. The zero-order chi connectivity index (χ0) is 11.0. The highest BCUT2D eigenvalue weighted by Crippen LogP contribution is 2.08. The maximum atomic E-state index is 11.7. The second-order valence-corrected chi connectivity index (χ2v) is 3.54. The lowest BCUT2D eigenvalue weighted by Gasteiger charge is -2.18. The van der Waals surface area contributed by atoms with Crippen molar-refractivity contribution in [1.82, 2.24) is 5.32 Å². The molecule has 0 aliphatic heterocycles. The van der Waals surface area contributed by atoms with Crippen LogP contribution in [-0.4, -0.2) is 11.9 Å². The van der Waals surface area contributed by atoms with Crippen molar-refractivity contribution in [3.05, 3.63) is 0 Å². The summed E-state index contributed by atoms with van der Waals surface area (Å²) in [4.78, 5) is 11.7. The maximum absolute atomic E-state index is 11.7. The summed E-state index contributed by atoms with van der Waals surface area (Å²) >= 11 is 0. The fourth-order valence-electron chi connectivity index (χ4n) is 1.42. The van der Waals surface area contributed by atoms with Crippen molar-refractivity contribution in [3.8, 4) is 12.3 Å². The van der Waals surface area contributed by atoms with Crippen molar-refractivity contribution < 1.29 is 4.79 Å². The molecule has 0 heterocycles. The van der Waals surface area contributed by atoms with Gasteiger partial charge in [0.15, 0.2) is 0 Å². The van der Waals surface area contributed by atoms with E-state index in [-0.39, 0.29) is 17.9 Å². The van der Waals surface area contributed by atoms with Crippen LogP contribution in [0.3, 0.4) is 0 Å². The Kier molecular flexibility index (Phi) is 6.92. The maximum Gasteiger partial charge on any atom is 0.223 e. The van der Waals surface area contributed by atoms with Crippen LogP contribution < -0.4 is 5.32 Å². The molecule has 1 atom stereocenters. The first-order valence-electron chi connectivity index (χ1n) is 5.43. The summed E-state index contributed by atoms with van der Waals surface area (Å²) in [5, 5.41) is 2.99. The minimum Gasteiger partial charge on any atom is -0.352 e. The highest BCUT2D eigenvalue weighted by Gasteiger charge is 2.16. The van der Waals surface area contributed by atoms with E-state index in [0.717, 1.165) is 19.3 Å². The van der Waals surface area contributed by atoms with Crippen LogP contribution in [0.15, 0.2) is 0 Å². The molecule has 1 unspecified atom stereocenters. The van der Waals surface area contributed by atoms with Crippen LogP contribution in [0.5, 0.6) is 0 Å². The quantitative estimate of drug-likeness (QED) is 0.648. The van der Waals surface area contributed by atoms with E-state index in [9.17, 15) is 4.79 Å². The average Bonchev–Trinajstić information content (AvgIpc) is 2.19. The number of carbonyl (C=O) groups is 1. The molecule has 0 saturated carbocycles. The molecule has 2 heteroatoms. The van der Waals surface area contributed by atoms with Gasteiger partial charge in [-0.2, -0.15) is 0 Å². The third-order valence-corrected chi connectivity index (χ3v) is 2.56. The lowest BCUT2D eigenvalue weighted by molar-refractivity contribution is -0.125. The van der Waals surface area contributed by atoms with Crippen molar-refractivity contribution in [2.45, 2.75) is 52.5 Å². The summed E-state index contributed by atoms with van der Waals surface area (Å²) in [6, 6.07) is 0.146. The predicted molar refractivity (Wildman–Crippen MR) is 59.7 cm³/mol. The fourth-order valence-corrected chi connectivity index (χ4v) is 1.42. The van der Waals surface area contributed by atoms with Gasteiger partial charge in [0, 0.05) is 18.4 Å². The van der Waals surface area contributed by atoms with Crippen molar-refractivity contribution in [1.29, 1.82) is 0 Å². The van der Waals surface area contributed by atoms with Crippen molar-refractivity contribution in [2.24, 2.45) is 5.92 Å². The van der Waals surface area contributed by atoms with Gasteiger partial charge < -0.3 is 5.32 Å². The van der Waals surface area contributed by atoms with Gasteiger partial charge in [-0.15, -0.1) is 12.3 Å². The molecule has 0 spiro atoms. The number of nitrogens with one attached hydrogen (secondary N) is 1. The molecule has 0 aromatic carbocycles. The van der Waals surface area contributed by atoms with E-state index >= 15 is 0 Å². The minimum atomic E-state index is 0.141. The van der Waals surface area contributed by atoms with Crippen LogP contribution in [0.1, 0.15) is 46.5 Å². The van der Waals surface area contributed by atoms with Crippen molar-refractivity contribution in [2.75, 3.05) is 0 Å². The Bertz CT molecular complexity index is 201. The third-order valence-electron chi connectivity index (χ3n) is 2.56. The van der Waals surface area contributed by atoms with Crippen LogP contribution >= 0.6 is 0 Å². The van der Waals surface area contributed by atoms with Gasteiger partial charge in [0.2, 0.25) is 5.91 Å². The molecular weight excluding hydrogens is 174 g/mol. The smallest absolute Gasteiger partial charge is 0.223 e. The van der Waals surface area contributed by atoms with Gasteiger partial charge in [-0.1, -0.05) is 20.8 Å². The molecule has 0 aromatic rings. The Balaban J connectivity index is 4.07. The first-order chi connectivity index (χ1) is 6.69. The van der Waals surface area contributed by atoms with E-state index < -0.39 is 0 Å². The zero-order valence-corrected chi connectivity index (χ0v) is 9.47. The van der Waals surface area contributed by atoms with E-state index in [0.29, 0.717) is 6.42 Å². The summed E-state index contributed by atoms with van der Waals surface area (Å²) in [5.41, 5.74) is 0. The Morgan fingerprint density at radius 2 is 1.86 bits per heavy atom. The van der Waals surface area contributed by atoms with E-state index in [1.54, 1.807) is 0 Å². The largest absolute Gasteiger partial charge is 0.352 e. The molecule has 0 radical (unpaired) electrons. The molecule has 0 rings (SSSR count). The molecule has 0 aliphatic carbocycles. The molecule has 0 aromatic heterocycles. The summed E-state index contributed by atoms with van der Waals surface area (Å²) in [5.74, 6) is 2.87. The zero-order valence-electron chi connectivity index (χ0n) is 9.47. The van der Waals surface area contributed by atoms with Crippen LogP contribution in [0.2, 0.25) is 0 Å². The van der Waals surface area contributed by atoms with Crippen LogP contribution in [0, 0.1) is 18.3 Å². The van der Waals surface area contributed by atoms with E-state index in [1.165, 1.54) is 0 Å². The number of rotatable bonds is 6. The van der Waals surface area contributed by atoms with E-state index in [1.807, 2.05) is 20.8 Å². The highest BCUT2D eigenvalue weighted by molar-refractivity contribution is 5.78. The molecule has 80 valence electrons. The van der Waals surface area contributed by atoms with E-state index in [4.69, 9.17) is 6.42 Å². The molecule has 2 nitrogen and oxygen atoms in total. The van der Waals surface area contributed by atoms with Gasteiger partial charge in [0.05, 0.1) is 0 Å². The average molecular weight is 195 g/mol. The van der Waals surface area contributed by atoms with Gasteiger partial charge >= 0.3 is 0 Å². The lowest BCUT2D eigenvalue weighted by atomic mass is 10.0. The first-order valence-corrected chi connectivity index (χ1v) is 5.43. The second-order valence-electron chi connectivity index (χ2n) is 3.54. The van der Waals surface area contributed by atoms with Gasteiger partial charge in [-0.3, -0.25) is 4.79 Å². The van der Waals surface area contributed by atoms with Gasteiger partial charge in [0.25, 0.3) is 0 Å². The van der Waals surface area contributed by atoms with Gasteiger partial charge in [-0.25, -0.2) is 0 Å². The number of carbonyl (C=O) groups excluding carboxylic acids is 1. The number of terminal acetylenes is 1. The summed E-state index contributed by atoms with van der Waals surface area (Å²) in [7, 11) is 0. The number of amides is 1. The standard InChI is InChI=1S/C12H21NO/c1-5-9-11(8-4)13-12(14)10(6-2)7-3/h1,10-11H,6-9H2,2-4H3,(H,13,14). The molecule has 1 N–H and O–H groups in total. The van der Waals surface area contributed by atoms with Crippen molar-refractivity contribution in [3.63, 3.8) is 0 Å². The second kappa shape index (κ2) is 7.44. The molecule has 0 fully saturated rings. The third kappa shape index (κ3) is 4.32. The number of hydrogen-bond donors (Lipinski definition) is 1. The Labute approximate surface area is 87.5 Å². The van der Waals surface area contributed by atoms with Crippen molar-refractivity contribution >= 4 is 5.91 Å². The topological polar surface area (TPSA) is 29.1 Å². The summed E-state index contributed by atoms with van der Waals surface area (Å²) < 4.78 is 0. The van der Waals surface area contributed by atoms with Crippen LogP contribution in [0.25, 0.3) is 0 Å². The Morgan fingerprint density at radius 1 is 1.29 bits per heavy atom. The monoisotopic (exact) mass is 195 g/mol. The first kappa shape index (κ1) is 13.0. The molecular formula is C12H21NO. The van der Waals surface area contributed by atoms with E-state index in [2.05, 4.69) is 11.2 Å². The lowest BCUT2D eigenvalue weighted by Crippen LogP contribution is -2.38. The van der Waals surface area contributed by atoms with Gasteiger partial charge in [-0.05, 0) is 19.3 Å². The van der Waals surface area contributed by atoms with Crippen LogP contribution in [-0.2, 0) is 4.79 Å². The molecule has 0 saturated heterocycles. The summed E-state index contributed by atoms with van der Waals surface area (Å²) in [6.45, 7) is 6.11. The molecule has 1 amide bonds. The molecule has 0 aliphatic rings. The highest BCUT2D eigenvalue weighted by atomic mass is 16.1. The van der Waals surface area contributed by atoms with Gasteiger partial charge in [0.1, 0.15) is 0 Å². The SMILES string of the molecule is C#CCC(CC)NC(=O)C(CC)CC. The predicted octanol–water partition coefficient (Wildman–Crippen LogP) is 2.34. The Morgan fingerprint density at radius 3 is 2.21 bits per heavy atom. The molecule has 14 heavy (non-hydrogen) atoms. The van der Waals surface area contributed by atoms with Crippen LogP contribution in [0.4, 0.5) is 0 Å². The summed E-state index contributed by atoms with van der Waals surface area (Å²) in [6.07, 6.45) is 8.54. The fraction of sp³-hybridized carbons (Fsp3) is 0.750. The number of hydrogen-bond acceptors (Lipinski definition) is 1. The Hall–Kier alpha value is -0.970.